The SMILES string of the molecule is CCc1ccc2nc(NC(=O)c3ccc(=O)[nH]c3)sc2c1. The minimum Gasteiger partial charge on any atom is -0.328 e. The van der Waals surface area contributed by atoms with E-state index in [4.69, 9.17) is 0 Å². The monoisotopic (exact) mass is 299 g/mol. The first-order valence-corrected chi connectivity index (χ1v) is 7.37. The zero-order valence-corrected chi connectivity index (χ0v) is 12.2. The summed E-state index contributed by atoms with van der Waals surface area (Å²) in [6, 6.07) is 8.88. The van der Waals surface area contributed by atoms with E-state index < -0.39 is 0 Å². The molecule has 1 aromatic carbocycles. The van der Waals surface area contributed by atoms with Crippen molar-refractivity contribution >= 4 is 32.6 Å². The van der Waals surface area contributed by atoms with E-state index in [1.807, 2.05) is 12.1 Å². The van der Waals surface area contributed by atoms with Gasteiger partial charge >= 0.3 is 0 Å². The molecule has 0 bridgehead atoms. The highest BCUT2D eigenvalue weighted by Crippen LogP contribution is 2.27. The molecule has 0 unspecified atom stereocenters. The van der Waals surface area contributed by atoms with Crippen LogP contribution in [0.3, 0.4) is 0 Å². The molecule has 106 valence electrons. The summed E-state index contributed by atoms with van der Waals surface area (Å²) in [5.41, 5.74) is 2.26. The molecule has 1 amide bonds. The lowest BCUT2D eigenvalue weighted by Gasteiger charge is -1.99. The Morgan fingerprint density at radius 1 is 1.33 bits per heavy atom. The third-order valence-corrected chi connectivity index (χ3v) is 4.06. The molecule has 0 aliphatic rings. The number of aryl methyl sites for hydroxylation is 1. The van der Waals surface area contributed by atoms with Crippen molar-refractivity contribution in [2.45, 2.75) is 13.3 Å². The maximum atomic E-state index is 12.1. The Labute approximate surface area is 124 Å². The van der Waals surface area contributed by atoms with E-state index in [1.54, 1.807) is 0 Å². The molecule has 0 saturated carbocycles. The molecule has 0 atom stereocenters. The summed E-state index contributed by atoms with van der Waals surface area (Å²) in [4.78, 5) is 29.9. The Hall–Kier alpha value is -2.47. The van der Waals surface area contributed by atoms with Crippen LogP contribution in [0.15, 0.2) is 41.3 Å². The quantitative estimate of drug-likeness (QED) is 0.781. The van der Waals surface area contributed by atoms with Crippen LogP contribution in [0, 0.1) is 0 Å². The second kappa shape index (κ2) is 5.49. The van der Waals surface area contributed by atoms with Gasteiger partial charge in [0, 0.05) is 12.3 Å². The fraction of sp³-hybridized carbons (Fsp3) is 0.133. The minimum atomic E-state index is -0.291. The van der Waals surface area contributed by atoms with Crippen LogP contribution in [0.1, 0.15) is 22.8 Å². The Morgan fingerprint density at radius 2 is 2.19 bits per heavy atom. The lowest BCUT2D eigenvalue weighted by atomic mass is 10.2. The Morgan fingerprint density at radius 3 is 2.90 bits per heavy atom. The highest BCUT2D eigenvalue weighted by molar-refractivity contribution is 7.22. The summed E-state index contributed by atoms with van der Waals surface area (Å²) in [5.74, 6) is -0.291. The molecular weight excluding hydrogens is 286 g/mol. The maximum absolute atomic E-state index is 12.1. The van der Waals surface area contributed by atoms with Crippen LogP contribution in [0.4, 0.5) is 5.13 Å². The van der Waals surface area contributed by atoms with Crippen molar-refractivity contribution in [1.29, 1.82) is 0 Å². The molecule has 3 aromatic rings. The molecule has 2 N–H and O–H groups in total. The van der Waals surface area contributed by atoms with Gasteiger partial charge < -0.3 is 4.98 Å². The van der Waals surface area contributed by atoms with Crippen LogP contribution in [0.5, 0.6) is 0 Å². The van der Waals surface area contributed by atoms with Gasteiger partial charge in [0.15, 0.2) is 5.13 Å². The van der Waals surface area contributed by atoms with Gasteiger partial charge in [0.1, 0.15) is 0 Å². The van der Waals surface area contributed by atoms with Crippen LogP contribution < -0.4 is 10.9 Å². The summed E-state index contributed by atoms with van der Waals surface area (Å²) in [6.45, 7) is 2.10. The van der Waals surface area contributed by atoms with E-state index in [9.17, 15) is 9.59 Å². The fourth-order valence-electron chi connectivity index (χ4n) is 1.96. The van der Waals surface area contributed by atoms with Gasteiger partial charge in [-0.1, -0.05) is 24.3 Å². The number of aromatic amines is 1. The zero-order valence-electron chi connectivity index (χ0n) is 11.3. The summed E-state index contributed by atoms with van der Waals surface area (Å²) in [6.07, 6.45) is 2.35. The summed E-state index contributed by atoms with van der Waals surface area (Å²) in [5, 5.41) is 3.30. The predicted octanol–water partition coefficient (Wildman–Crippen LogP) is 2.80. The molecule has 0 radical (unpaired) electrons. The molecule has 2 heterocycles. The molecule has 0 aliphatic heterocycles. The van der Waals surface area contributed by atoms with E-state index in [1.165, 1.54) is 35.2 Å². The number of fused-ring (bicyclic) bond motifs is 1. The molecule has 3 rings (SSSR count). The van der Waals surface area contributed by atoms with Gasteiger partial charge in [-0.15, -0.1) is 0 Å². The molecular formula is C15H13N3O2S. The van der Waals surface area contributed by atoms with Crippen LogP contribution in [0.2, 0.25) is 0 Å². The number of amides is 1. The average Bonchev–Trinajstić information content (AvgIpc) is 2.88. The second-order valence-corrected chi connectivity index (χ2v) is 5.60. The highest BCUT2D eigenvalue weighted by Gasteiger charge is 2.10. The maximum Gasteiger partial charge on any atom is 0.258 e. The van der Waals surface area contributed by atoms with Crippen LogP contribution in [-0.2, 0) is 6.42 Å². The molecule has 0 fully saturated rings. The minimum absolute atomic E-state index is 0.237. The van der Waals surface area contributed by atoms with Crippen molar-refractivity contribution in [2.75, 3.05) is 5.32 Å². The van der Waals surface area contributed by atoms with Gasteiger partial charge in [-0.2, -0.15) is 0 Å². The number of H-pyrrole nitrogens is 1. The molecule has 5 nitrogen and oxygen atoms in total. The molecule has 6 heteroatoms. The first kappa shape index (κ1) is 13.5. The van der Waals surface area contributed by atoms with Crippen molar-refractivity contribution in [1.82, 2.24) is 9.97 Å². The normalized spacial score (nSPS) is 10.7. The van der Waals surface area contributed by atoms with Gasteiger partial charge in [-0.25, -0.2) is 4.98 Å². The van der Waals surface area contributed by atoms with E-state index >= 15 is 0 Å². The number of thiazole rings is 1. The number of carbonyl (C=O) groups is 1. The number of anilines is 1. The number of rotatable bonds is 3. The van der Waals surface area contributed by atoms with Crippen LogP contribution in [0.25, 0.3) is 10.2 Å². The summed E-state index contributed by atoms with van der Waals surface area (Å²) < 4.78 is 1.05. The van der Waals surface area contributed by atoms with Gasteiger partial charge in [0.25, 0.3) is 5.91 Å². The number of nitrogens with one attached hydrogen (secondary N) is 2. The number of pyridine rings is 1. The lowest BCUT2D eigenvalue weighted by Crippen LogP contribution is -2.14. The van der Waals surface area contributed by atoms with Gasteiger partial charge in [0.05, 0.1) is 15.8 Å². The molecule has 0 spiro atoms. The Kier molecular flexibility index (Phi) is 3.53. The third kappa shape index (κ3) is 2.85. The van der Waals surface area contributed by atoms with Crippen molar-refractivity contribution in [3.8, 4) is 0 Å². The van der Waals surface area contributed by atoms with Crippen molar-refractivity contribution in [3.05, 3.63) is 58.0 Å². The number of nitrogens with zero attached hydrogens (tertiary/aromatic N) is 1. The van der Waals surface area contributed by atoms with E-state index in [0.29, 0.717) is 10.7 Å². The number of hydrogen-bond acceptors (Lipinski definition) is 4. The van der Waals surface area contributed by atoms with Crippen molar-refractivity contribution < 1.29 is 4.79 Å². The molecule has 0 saturated heterocycles. The topological polar surface area (TPSA) is 74.8 Å². The molecule has 0 aliphatic carbocycles. The van der Waals surface area contributed by atoms with E-state index in [2.05, 4.69) is 28.3 Å². The molecule has 2 aromatic heterocycles. The predicted molar refractivity (Wildman–Crippen MR) is 84.0 cm³/mol. The van der Waals surface area contributed by atoms with Gasteiger partial charge in [-0.05, 0) is 30.2 Å². The van der Waals surface area contributed by atoms with Crippen LogP contribution in [-0.4, -0.2) is 15.9 Å². The summed E-state index contributed by atoms with van der Waals surface area (Å²) in [7, 11) is 0. The number of hydrogen-bond donors (Lipinski definition) is 2. The first-order chi connectivity index (χ1) is 10.2. The van der Waals surface area contributed by atoms with Crippen LogP contribution >= 0.6 is 11.3 Å². The van der Waals surface area contributed by atoms with Crippen molar-refractivity contribution in [3.63, 3.8) is 0 Å². The van der Waals surface area contributed by atoms with E-state index in [-0.39, 0.29) is 11.5 Å². The number of benzene rings is 1. The van der Waals surface area contributed by atoms with Gasteiger partial charge in [0.2, 0.25) is 5.56 Å². The number of carbonyl (C=O) groups excluding carboxylic acids is 1. The first-order valence-electron chi connectivity index (χ1n) is 6.55. The second-order valence-electron chi connectivity index (χ2n) is 4.57. The number of aromatic nitrogens is 2. The average molecular weight is 299 g/mol. The van der Waals surface area contributed by atoms with E-state index in [0.717, 1.165) is 16.6 Å². The molecule has 21 heavy (non-hydrogen) atoms. The third-order valence-electron chi connectivity index (χ3n) is 3.13. The Bertz CT molecular complexity index is 846. The summed E-state index contributed by atoms with van der Waals surface area (Å²) >= 11 is 1.44. The smallest absolute Gasteiger partial charge is 0.258 e. The van der Waals surface area contributed by atoms with Crippen molar-refractivity contribution in [2.24, 2.45) is 0 Å². The fourth-order valence-corrected chi connectivity index (χ4v) is 2.89. The lowest BCUT2D eigenvalue weighted by molar-refractivity contribution is 0.102. The highest BCUT2D eigenvalue weighted by atomic mass is 32.1. The standard InChI is InChI=1S/C15H13N3O2S/c1-2-9-3-5-11-12(7-9)21-15(17-11)18-14(20)10-4-6-13(19)16-8-10/h3-8H,2H2,1H3,(H,16,19)(H,17,18,20). The van der Waals surface area contributed by atoms with Gasteiger partial charge in [-0.3, -0.25) is 14.9 Å². The zero-order chi connectivity index (χ0) is 14.8. The largest absolute Gasteiger partial charge is 0.328 e. The Balaban J connectivity index is 1.85.